The number of carbonyl (C=O) groups is 1. The Morgan fingerprint density at radius 3 is 1.04 bits per heavy atom. The molecule has 0 aromatic heterocycles. The molecule has 314 valence electrons. The minimum Gasteiger partial charge on any atom is -0.394 e. The molecule has 0 aliphatic heterocycles. The molecular weight excluding hydrogens is 651 g/mol. The second kappa shape index (κ2) is 45.3. The minimum atomic E-state index is -0.835. The zero-order chi connectivity index (χ0) is 38.6. The summed E-state index contributed by atoms with van der Waals surface area (Å²) in [5.41, 5.74) is 0. The number of rotatable bonds is 44. The molecule has 4 heteroatoms. The molecule has 2 atom stereocenters. The third kappa shape index (κ3) is 41.9. The Balaban J connectivity index is 3.43. The summed E-state index contributed by atoms with van der Waals surface area (Å²) in [6.45, 7) is 4.31. The Kier molecular flexibility index (Phi) is 44.3. The van der Waals surface area contributed by atoms with Gasteiger partial charge in [-0.3, -0.25) is 4.79 Å². The van der Waals surface area contributed by atoms with Gasteiger partial charge in [0, 0.05) is 6.42 Å². The van der Waals surface area contributed by atoms with Gasteiger partial charge < -0.3 is 15.5 Å². The molecule has 0 heterocycles. The number of unbranched alkanes of at least 4 members (excludes halogenated alkanes) is 35. The van der Waals surface area contributed by atoms with Crippen LogP contribution in [0.15, 0.2) is 24.3 Å². The molecule has 0 radical (unpaired) electrons. The molecule has 1 amide bonds. The van der Waals surface area contributed by atoms with Gasteiger partial charge in [-0.05, 0) is 44.9 Å². The van der Waals surface area contributed by atoms with Gasteiger partial charge in [-0.2, -0.15) is 0 Å². The van der Waals surface area contributed by atoms with Gasteiger partial charge in [-0.25, -0.2) is 0 Å². The SMILES string of the molecule is CCCCCCCCCCC/C=C/C(O)C(CO)NC(=O)CCCCCCCCCCCCCCCC/C=C\CCCCCCCCCCCCCC. The molecule has 0 bridgehead atoms. The van der Waals surface area contributed by atoms with E-state index in [2.05, 4.69) is 31.3 Å². The second-order valence-corrected chi connectivity index (χ2v) is 16.5. The van der Waals surface area contributed by atoms with Crippen LogP contribution in [-0.2, 0) is 4.79 Å². The molecular formula is C49H95NO3. The largest absolute Gasteiger partial charge is 0.394 e. The van der Waals surface area contributed by atoms with Gasteiger partial charge in [0.05, 0.1) is 18.8 Å². The Labute approximate surface area is 332 Å². The van der Waals surface area contributed by atoms with Crippen molar-refractivity contribution in [2.24, 2.45) is 0 Å². The van der Waals surface area contributed by atoms with Crippen molar-refractivity contribution in [2.75, 3.05) is 6.61 Å². The quantitative estimate of drug-likeness (QED) is 0.0430. The highest BCUT2D eigenvalue weighted by molar-refractivity contribution is 5.76. The number of hydrogen-bond donors (Lipinski definition) is 3. The smallest absolute Gasteiger partial charge is 0.220 e. The van der Waals surface area contributed by atoms with Crippen molar-refractivity contribution in [2.45, 2.75) is 276 Å². The lowest BCUT2D eigenvalue weighted by Gasteiger charge is -2.20. The van der Waals surface area contributed by atoms with E-state index in [0.717, 1.165) is 25.7 Å². The summed E-state index contributed by atoms with van der Waals surface area (Å²) in [4.78, 5) is 12.4. The summed E-state index contributed by atoms with van der Waals surface area (Å²) in [6.07, 6.45) is 58.9. The molecule has 0 spiro atoms. The fraction of sp³-hybridized carbons (Fsp3) is 0.898. The maximum absolute atomic E-state index is 12.4. The van der Waals surface area contributed by atoms with Crippen molar-refractivity contribution >= 4 is 5.91 Å². The highest BCUT2D eigenvalue weighted by atomic mass is 16.3. The first-order valence-electron chi connectivity index (χ1n) is 24.1. The van der Waals surface area contributed by atoms with Gasteiger partial charge in [0.1, 0.15) is 0 Å². The van der Waals surface area contributed by atoms with E-state index in [9.17, 15) is 15.0 Å². The summed E-state index contributed by atoms with van der Waals surface area (Å²) in [5.74, 6) is -0.0625. The lowest BCUT2D eigenvalue weighted by Crippen LogP contribution is -2.45. The average Bonchev–Trinajstić information content (AvgIpc) is 3.16. The van der Waals surface area contributed by atoms with Crippen LogP contribution >= 0.6 is 0 Å². The van der Waals surface area contributed by atoms with E-state index >= 15 is 0 Å². The third-order valence-corrected chi connectivity index (χ3v) is 11.2. The molecule has 0 aliphatic carbocycles. The zero-order valence-corrected chi connectivity index (χ0v) is 36.1. The van der Waals surface area contributed by atoms with Crippen molar-refractivity contribution in [1.82, 2.24) is 5.32 Å². The maximum Gasteiger partial charge on any atom is 0.220 e. The van der Waals surface area contributed by atoms with Gasteiger partial charge in [-0.15, -0.1) is 0 Å². The maximum atomic E-state index is 12.4. The van der Waals surface area contributed by atoms with Crippen LogP contribution in [0.25, 0.3) is 0 Å². The first-order chi connectivity index (χ1) is 26.2. The van der Waals surface area contributed by atoms with Crippen molar-refractivity contribution in [3.63, 3.8) is 0 Å². The number of allylic oxidation sites excluding steroid dienone is 3. The third-order valence-electron chi connectivity index (χ3n) is 11.2. The standard InChI is InChI=1S/C49H95NO3/c1-3-5-7-9-11-13-15-16-17-18-19-20-21-22-23-24-25-26-27-28-29-30-31-32-33-35-37-39-41-43-45-49(53)50-47(46-51)48(52)44-42-40-38-36-34-14-12-10-8-6-4-2/h22-23,42,44,47-48,51-52H,3-21,24-41,43,45-46H2,1-2H3,(H,50,53)/b23-22-,44-42+. The molecule has 0 aromatic rings. The van der Waals surface area contributed by atoms with E-state index in [1.165, 1.54) is 218 Å². The molecule has 0 fully saturated rings. The van der Waals surface area contributed by atoms with E-state index < -0.39 is 12.1 Å². The van der Waals surface area contributed by atoms with Crippen LogP contribution in [0.1, 0.15) is 264 Å². The highest BCUT2D eigenvalue weighted by Crippen LogP contribution is 2.16. The molecule has 0 aromatic carbocycles. The fourth-order valence-electron chi connectivity index (χ4n) is 7.47. The lowest BCUT2D eigenvalue weighted by atomic mass is 10.0. The molecule has 0 aliphatic rings. The van der Waals surface area contributed by atoms with Gasteiger partial charge in [-0.1, -0.05) is 237 Å². The summed E-state index contributed by atoms with van der Waals surface area (Å²) < 4.78 is 0. The van der Waals surface area contributed by atoms with Crippen LogP contribution < -0.4 is 5.32 Å². The summed E-state index contributed by atoms with van der Waals surface area (Å²) in [6, 6.07) is -0.618. The first kappa shape index (κ1) is 51.9. The van der Waals surface area contributed by atoms with Crippen LogP contribution in [0.4, 0.5) is 0 Å². The lowest BCUT2D eigenvalue weighted by molar-refractivity contribution is -0.123. The molecule has 53 heavy (non-hydrogen) atoms. The molecule has 4 nitrogen and oxygen atoms in total. The number of nitrogens with one attached hydrogen (secondary N) is 1. The van der Waals surface area contributed by atoms with Crippen LogP contribution in [0, 0.1) is 0 Å². The summed E-state index contributed by atoms with van der Waals surface area (Å²) >= 11 is 0. The number of hydrogen-bond acceptors (Lipinski definition) is 3. The van der Waals surface area contributed by atoms with E-state index in [1.807, 2.05) is 6.08 Å². The van der Waals surface area contributed by atoms with Gasteiger partial charge in [0.2, 0.25) is 5.91 Å². The van der Waals surface area contributed by atoms with Crippen LogP contribution in [0.3, 0.4) is 0 Å². The van der Waals surface area contributed by atoms with E-state index in [1.54, 1.807) is 6.08 Å². The monoisotopic (exact) mass is 746 g/mol. The van der Waals surface area contributed by atoms with Crippen LogP contribution in [0.5, 0.6) is 0 Å². The highest BCUT2D eigenvalue weighted by Gasteiger charge is 2.18. The summed E-state index contributed by atoms with van der Waals surface area (Å²) in [7, 11) is 0. The molecule has 2 unspecified atom stereocenters. The predicted molar refractivity (Wildman–Crippen MR) is 235 cm³/mol. The molecule has 0 saturated heterocycles. The zero-order valence-electron chi connectivity index (χ0n) is 36.1. The Morgan fingerprint density at radius 1 is 0.434 bits per heavy atom. The van der Waals surface area contributed by atoms with E-state index in [4.69, 9.17) is 0 Å². The van der Waals surface area contributed by atoms with Gasteiger partial charge >= 0.3 is 0 Å². The fourth-order valence-corrected chi connectivity index (χ4v) is 7.47. The average molecular weight is 746 g/mol. The predicted octanol–water partition coefficient (Wildman–Crippen LogP) is 15.2. The second-order valence-electron chi connectivity index (χ2n) is 16.5. The Hall–Kier alpha value is -1.13. The van der Waals surface area contributed by atoms with Crippen LogP contribution in [-0.4, -0.2) is 34.9 Å². The topological polar surface area (TPSA) is 69.6 Å². The van der Waals surface area contributed by atoms with Gasteiger partial charge in [0.15, 0.2) is 0 Å². The first-order valence-corrected chi connectivity index (χ1v) is 24.1. The molecule has 0 saturated carbocycles. The van der Waals surface area contributed by atoms with E-state index in [0.29, 0.717) is 6.42 Å². The minimum absolute atomic E-state index is 0.0625. The normalized spacial score (nSPS) is 13.1. The molecule has 0 rings (SSSR count). The molecule has 3 N–H and O–H groups in total. The number of aliphatic hydroxyl groups is 2. The number of amides is 1. The number of carbonyl (C=O) groups excluding carboxylic acids is 1. The van der Waals surface area contributed by atoms with Crippen LogP contribution in [0.2, 0.25) is 0 Å². The Morgan fingerprint density at radius 2 is 0.717 bits per heavy atom. The van der Waals surface area contributed by atoms with Crippen molar-refractivity contribution < 1.29 is 15.0 Å². The van der Waals surface area contributed by atoms with Crippen molar-refractivity contribution in [3.8, 4) is 0 Å². The van der Waals surface area contributed by atoms with Crippen molar-refractivity contribution in [1.29, 1.82) is 0 Å². The van der Waals surface area contributed by atoms with Crippen molar-refractivity contribution in [3.05, 3.63) is 24.3 Å². The summed E-state index contributed by atoms with van der Waals surface area (Å²) in [5, 5.41) is 23.0. The Bertz CT molecular complexity index is 765. The number of aliphatic hydroxyl groups excluding tert-OH is 2. The van der Waals surface area contributed by atoms with E-state index in [-0.39, 0.29) is 12.5 Å². The van der Waals surface area contributed by atoms with Gasteiger partial charge in [0.25, 0.3) is 0 Å².